The molecule has 7 heteroatoms. The van der Waals surface area contributed by atoms with E-state index in [0.717, 1.165) is 22.2 Å². The number of fused-ring (bicyclic) bond motifs is 1. The molecule has 0 saturated carbocycles. The molecule has 0 aliphatic heterocycles. The van der Waals surface area contributed by atoms with Crippen molar-refractivity contribution in [2.45, 2.75) is 0 Å². The van der Waals surface area contributed by atoms with Gasteiger partial charge >= 0.3 is 5.97 Å². The molecule has 0 aliphatic carbocycles. The summed E-state index contributed by atoms with van der Waals surface area (Å²) in [6.07, 6.45) is 1.64. The van der Waals surface area contributed by atoms with Crippen molar-refractivity contribution in [3.8, 4) is 0 Å². The lowest BCUT2D eigenvalue weighted by Crippen LogP contribution is -2.10. The Hall–Kier alpha value is -2.67. The van der Waals surface area contributed by atoms with Crippen LogP contribution in [0.2, 0.25) is 0 Å². The molecular formula is C13H9N3O3S. The van der Waals surface area contributed by atoms with E-state index in [9.17, 15) is 9.59 Å². The van der Waals surface area contributed by atoms with Crippen LogP contribution < -0.4 is 5.32 Å². The first-order valence-corrected chi connectivity index (χ1v) is 6.53. The highest BCUT2D eigenvalue weighted by Crippen LogP contribution is 2.23. The second-order valence-electron chi connectivity index (χ2n) is 4.10. The van der Waals surface area contributed by atoms with Gasteiger partial charge in [0.1, 0.15) is 4.88 Å². The fraction of sp³-hybridized carbons (Fsp3) is 0. The Morgan fingerprint density at radius 3 is 2.85 bits per heavy atom. The number of nitrogens with zero attached hydrogens (tertiary/aromatic N) is 1. The van der Waals surface area contributed by atoms with Gasteiger partial charge in [-0.15, -0.1) is 11.3 Å². The first-order valence-electron chi connectivity index (χ1n) is 5.71. The van der Waals surface area contributed by atoms with Gasteiger partial charge in [0.2, 0.25) is 0 Å². The van der Waals surface area contributed by atoms with Crippen LogP contribution >= 0.6 is 11.3 Å². The Bertz CT molecular complexity index is 806. The van der Waals surface area contributed by atoms with Gasteiger partial charge in [-0.05, 0) is 30.3 Å². The molecule has 0 saturated heterocycles. The fourth-order valence-electron chi connectivity index (χ4n) is 1.79. The molecule has 0 spiro atoms. The number of aromatic nitrogens is 2. The summed E-state index contributed by atoms with van der Waals surface area (Å²) in [4.78, 5) is 23.0. The second kappa shape index (κ2) is 4.78. The van der Waals surface area contributed by atoms with Crippen molar-refractivity contribution in [3.05, 3.63) is 47.0 Å². The Kier molecular flexibility index (Phi) is 2.96. The highest BCUT2D eigenvalue weighted by Gasteiger charge is 2.11. The number of H-pyrrole nitrogens is 1. The van der Waals surface area contributed by atoms with E-state index in [0.29, 0.717) is 10.6 Å². The third-order valence-electron chi connectivity index (χ3n) is 2.76. The molecule has 6 nitrogen and oxygen atoms in total. The number of thiophene rings is 1. The molecule has 0 atom stereocenters. The molecule has 2 heterocycles. The molecule has 3 aromatic rings. The number of benzene rings is 1. The number of hydrogen-bond acceptors (Lipinski definition) is 4. The summed E-state index contributed by atoms with van der Waals surface area (Å²) in [5, 5.41) is 19.5. The third-order valence-corrected chi connectivity index (χ3v) is 3.74. The number of carboxylic acid groups (broad SMARTS) is 1. The van der Waals surface area contributed by atoms with E-state index >= 15 is 0 Å². The molecule has 1 aromatic carbocycles. The summed E-state index contributed by atoms with van der Waals surface area (Å²) in [5.74, 6) is -1.29. The largest absolute Gasteiger partial charge is 0.477 e. The van der Waals surface area contributed by atoms with E-state index in [4.69, 9.17) is 5.11 Å². The SMILES string of the molecule is O=C(Nc1ccc(C(=O)O)s1)c1ccc2[nH]ncc2c1. The maximum Gasteiger partial charge on any atom is 0.345 e. The van der Waals surface area contributed by atoms with Crippen LogP contribution in [0.25, 0.3) is 10.9 Å². The van der Waals surface area contributed by atoms with E-state index in [2.05, 4.69) is 15.5 Å². The first-order chi connectivity index (χ1) is 9.63. The van der Waals surface area contributed by atoms with Gasteiger partial charge in [0, 0.05) is 10.9 Å². The van der Waals surface area contributed by atoms with Crippen LogP contribution in [0.1, 0.15) is 20.0 Å². The zero-order chi connectivity index (χ0) is 14.1. The van der Waals surface area contributed by atoms with Crippen LogP contribution in [0.4, 0.5) is 5.00 Å². The van der Waals surface area contributed by atoms with Crippen LogP contribution in [0.15, 0.2) is 36.5 Å². The van der Waals surface area contributed by atoms with Crippen LogP contribution in [0.3, 0.4) is 0 Å². The van der Waals surface area contributed by atoms with Crippen molar-refractivity contribution < 1.29 is 14.7 Å². The van der Waals surface area contributed by atoms with Crippen molar-refractivity contribution in [2.24, 2.45) is 0 Å². The topological polar surface area (TPSA) is 95.1 Å². The molecule has 20 heavy (non-hydrogen) atoms. The normalized spacial score (nSPS) is 10.6. The predicted molar refractivity (Wildman–Crippen MR) is 75.3 cm³/mol. The Morgan fingerprint density at radius 2 is 2.10 bits per heavy atom. The Labute approximate surface area is 117 Å². The van der Waals surface area contributed by atoms with Gasteiger partial charge in [0.25, 0.3) is 5.91 Å². The number of aromatic carboxylic acids is 1. The third kappa shape index (κ3) is 2.26. The lowest BCUT2D eigenvalue weighted by Gasteiger charge is -2.02. The number of aromatic amines is 1. The minimum atomic E-state index is -1.00. The maximum absolute atomic E-state index is 12.1. The van der Waals surface area contributed by atoms with Crippen molar-refractivity contribution in [2.75, 3.05) is 5.32 Å². The molecule has 0 aliphatic rings. The van der Waals surface area contributed by atoms with Gasteiger partial charge in [0.15, 0.2) is 0 Å². The molecule has 1 amide bonds. The summed E-state index contributed by atoms with van der Waals surface area (Å²) in [6.45, 7) is 0. The molecule has 3 rings (SSSR count). The van der Waals surface area contributed by atoms with E-state index in [1.165, 1.54) is 6.07 Å². The van der Waals surface area contributed by atoms with Crippen LogP contribution in [-0.4, -0.2) is 27.2 Å². The Morgan fingerprint density at radius 1 is 1.25 bits per heavy atom. The van der Waals surface area contributed by atoms with Crippen molar-refractivity contribution in [1.29, 1.82) is 0 Å². The van der Waals surface area contributed by atoms with Crippen LogP contribution in [0, 0.1) is 0 Å². The van der Waals surface area contributed by atoms with Gasteiger partial charge < -0.3 is 10.4 Å². The zero-order valence-corrected chi connectivity index (χ0v) is 10.9. The smallest absolute Gasteiger partial charge is 0.345 e. The number of carboxylic acids is 1. The number of carbonyl (C=O) groups excluding carboxylic acids is 1. The minimum Gasteiger partial charge on any atom is -0.477 e. The summed E-state index contributed by atoms with van der Waals surface area (Å²) in [6, 6.07) is 8.21. The van der Waals surface area contributed by atoms with Crippen molar-refractivity contribution in [3.63, 3.8) is 0 Å². The lowest BCUT2D eigenvalue weighted by atomic mass is 10.1. The minimum absolute atomic E-state index is 0.186. The molecule has 0 unspecified atom stereocenters. The molecule has 100 valence electrons. The molecule has 0 radical (unpaired) electrons. The van der Waals surface area contributed by atoms with E-state index < -0.39 is 5.97 Å². The lowest BCUT2D eigenvalue weighted by molar-refractivity contribution is 0.0702. The van der Waals surface area contributed by atoms with Gasteiger partial charge in [0.05, 0.1) is 16.7 Å². The van der Waals surface area contributed by atoms with E-state index in [1.54, 1.807) is 30.5 Å². The van der Waals surface area contributed by atoms with Gasteiger partial charge in [-0.3, -0.25) is 9.89 Å². The fourth-order valence-corrected chi connectivity index (χ4v) is 2.53. The van der Waals surface area contributed by atoms with Gasteiger partial charge in [-0.25, -0.2) is 4.79 Å². The van der Waals surface area contributed by atoms with E-state index in [-0.39, 0.29) is 10.8 Å². The number of anilines is 1. The first kappa shape index (κ1) is 12.4. The summed E-state index contributed by atoms with van der Waals surface area (Å²) >= 11 is 1.02. The van der Waals surface area contributed by atoms with Crippen molar-refractivity contribution >= 4 is 39.1 Å². The standard InChI is InChI=1S/C13H9N3O3S/c17-12(15-11-4-3-10(20-11)13(18)19)7-1-2-9-8(5-7)6-14-16-9/h1-6H,(H,14,16)(H,15,17)(H,18,19). The highest BCUT2D eigenvalue weighted by molar-refractivity contribution is 7.18. The molecule has 3 N–H and O–H groups in total. The zero-order valence-electron chi connectivity index (χ0n) is 10.1. The Balaban J connectivity index is 1.82. The van der Waals surface area contributed by atoms with Crippen LogP contribution in [0.5, 0.6) is 0 Å². The number of carbonyl (C=O) groups is 2. The molecular weight excluding hydrogens is 278 g/mol. The average molecular weight is 287 g/mol. The van der Waals surface area contributed by atoms with Gasteiger partial charge in [-0.2, -0.15) is 5.10 Å². The predicted octanol–water partition coefficient (Wildman–Crippen LogP) is 2.57. The van der Waals surface area contributed by atoms with E-state index in [1.807, 2.05) is 0 Å². The number of rotatable bonds is 3. The monoisotopic (exact) mass is 287 g/mol. The second-order valence-corrected chi connectivity index (χ2v) is 5.18. The molecule has 0 fully saturated rings. The van der Waals surface area contributed by atoms with Crippen LogP contribution in [-0.2, 0) is 0 Å². The summed E-state index contributed by atoms with van der Waals surface area (Å²) in [5.41, 5.74) is 1.34. The quantitative estimate of drug-likeness (QED) is 0.690. The molecule has 0 bridgehead atoms. The number of amides is 1. The highest BCUT2D eigenvalue weighted by atomic mass is 32.1. The number of hydrogen-bond donors (Lipinski definition) is 3. The van der Waals surface area contributed by atoms with Crippen molar-refractivity contribution in [1.82, 2.24) is 10.2 Å². The molecule has 2 aromatic heterocycles. The summed E-state index contributed by atoms with van der Waals surface area (Å²) < 4.78 is 0. The number of nitrogens with one attached hydrogen (secondary N) is 2. The van der Waals surface area contributed by atoms with Gasteiger partial charge in [-0.1, -0.05) is 0 Å². The summed E-state index contributed by atoms with van der Waals surface area (Å²) in [7, 11) is 0. The average Bonchev–Trinajstić information content (AvgIpc) is 3.05. The maximum atomic E-state index is 12.1.